The third-order valence-electron chi connectivity index (χ3n) is 2.04. The Balaban J connectivity index is 2.72. The number of halogens is 1. The molecular formula is C12H14ClN3O2. The summed E-state index contributed by atoms with van der Waals surface area (Å²) in [6, 6.07) is 5.04. The van der Waals surface area contributed by atoms with Gasteiger partial charge in [0.05, 0.1) is 0 Å². The number of carbonyl (C=O) groups is 2. The van der Waals surface area contributed by atoms with E-state index in [1.165, 1.54) is 0 Å². The minimum Gasteiger partial charge on any atom is -0.317 e. The van der Waals surface area contributed by atoms with Crippen molar-refractivity contribution in [3.63, 3.8) is 0 Å². The Hall–Kier alpha value is -1.88. The van der Waals surface area contributed by atoms with Crippen molar-refractivity contribution in [3.8, 4) is 0 Å². The summed E-state index contributed by atoms with van der Waals surface area (Å²) in [6.45, 7) is 5.22. The van der Waals surface area contributed by atoms with Gasteiger partial charge in [-0.2, -0.15) is 5.10 Å². The van der Waals surface area contributed by atoms with Crippen molar-refractivity contribution in [3.05, 3.63) is 28.8 Å². The molecule has 6 heteroatoms. The Kier molecular flexibility index (Phi) is 4.85. The quantitative estimate of drug-likeness (QED) is 0.489. The summed E-state index contributed by atoms with van der Waals surface area (Å²) in [5.74, 6) is -1.61. The van der Waals surface area contributed by atoms with Crippen LogP contribution in [0.2, 0.25) is 5.02 Å². The molecule has 1 aromatic rings. The molecule has 0 radical (unpaired) electrons. The lowest BCUT2D eigenvalue weighted by molar-refractivity contribution is -0.136. The van der Waals surface area contributed by atoms with Crippen molar-refractivity contribution >= 4 is 34.8 Å². The van der Waals surface area contributed by atoms with Gasteiger partial charge in [0.2, 0.25) is 0 Å². The number of benzene rings is 1. The first kappa shape index (κ1) is 14.2. The Morgan fingerprint density at radius 2 is 1.89 bits per heavy atom. The number of carbonyl (C=O) groups excluding carboxylic acids is 2. The van der Waals surface area contributed by atoms with Gasteiger partial charge in [-0.1, -0.05) is 17.7 Å². The zero-order valence-corrected chi connectivity index (χ0v) is 11.1. The molecule has 0 unspecified atom stereocenters. The van der Waals surface area contributed by atoms with Crippen molar-refractivity contribution in [2.75, 3.05) is 5.32 Å². The summed E-state index contributed by atoms with van der Waals surface area (Å²) in [5, 5.41) is 6.61. The highest BCUT2D eigenvalue weighted by molar-refractivity contribution is 6.40. The summed E-state index contributed by atoms with van der Waals surface area (Å²) in [6.07, 6.45) is 0. The fourth-order valence-corrected chi connectivity index (χ4v) is 1.29. The third kappa shape index (κ3) is 4.18. The molecule has 0 heterocycles. The van der Waals surface area contributed by atoms with Gasteiger partial charge in [-0.05, 0) is 38.5 Å². The van der Waals surface area contributed by atoms with E-state index in [0.29, 0.717) is 16.4 Å². The summed E-state index contributed by atoms with van der Waals surface area (Å²) in [4.78, 5) is 22.9. The molecule has 0 spiro atoms. The van der Waals surface area contributed by atoms with Crippen molar-refractivity contribution in [2.45, 2.75) is 20.8 Å². The number of anilines is 1. The van der Waals surface area contributed by atoms with Crippen molar-refractivity contribution in [1.29, 1.82) is 0 Å². The maximum atomic E-state index is 11.6. The molecule has 0 aliphatic carbocycles. The molecule has 0 aromatic heterocycles. The molecule has 0 bridgehead atoms. The topological polar surface area (TPSA) is 70.6 Å². The monoisotopic (exact) mass is 267 g/mol. The standard InChI is InChI=1S/C12H14ClN3O2/c1-7(2)15-16-12(18)11(17)14-10-6-9(13)5-4-8(10)3/h4-6H,1-3H3,(H,14,17)(H,16,18). The molecule has 5 nitrogen and oxygen atoms in total. The predicted octanol–water partition coefficient (Wildman–Crippen LogP) is 2.10. The van der Waals surface area contributed by atoms with E-state index >= 15 is 0 Å². The molecule has 0 fully saturated rings. The minimum atomic E-state index is -0.824. The van der Waals surface area contributed by atoms with Crippen LogP contribution in [0.4, 0.5) is 5.69 Å². The molecular weight excluding hydrogens is 254 g/mol. The van der Waals surface area contributed by atoms with Crippen LogP contribution in [0.3, 0.4) is 0 Å². The van der Waals surface area contributed by atoms with Crippen LogP contribution in [0.1, 0.15) is 19.4 Å². The molecule has 0 saturated carbocycles. The van der Waals surface area contributed by atoms with Crippen LogP contribution < -0.4 is 10.7 Å². The highest BCUT2D eigenvalue weighted by Crippen LogP contribution is 2.19. The molecule has 18 heavy (non-hydrogen) atoms. The fraction of sp³-hybridized carbons (Fsp3) is 0.250. The maximum Gasteiger partial charge on any atom is 0.329 e. The van der Waals surface area contributed by atoms with E-state index in [-0.39, 0.29) is 0 Å². The number of aryl methyl sites for hydroxylation is 1. The summed E-state index contributed by atoms with van der Waals surface area (Å²) >= 11 is 5.81. The SMILES string of the molecule is CC(C)=NNC(=O)C(=O)Nc1cc(Cl)ccc1C. The van der Waals surface area contributed by atoms with E-state index in [0.717, 1.165) is 5.56 Å². The van der Waals surface area contributed by atoms with E-state index in [4.69, 9.17) is 11.6 Å². The smallest absolute Gasteiger partial charge is 0.317 e. The molecule has 0 aliphatic heterocycles. The fourth-order valence-electron chi connectivity index (χ4n) is 1.12. The molecule has 2 N–H and O–H groups in total. The minimum absolute atomic E-state index is 0.485. The second kappa shape index (κ2) is 6.16. The number of nitrogens with zero attached hydrogens (tertiary/aromatic N) is 1. The van der Waals surface area contributed by atoms with Crippen molar-refractivity contribution in [1.82, 2.24) is 5.43 Å². The Bertz CT molecular complexity index is 508. The van der Waals surface area contributed by atoms with Gasteiger partial charge in [0.25, 0.3) is 0 Å². The van der Waals surface area contributed by atoms with Gasteiger partial charge in [-0.25, -0.2) is 5.43 Å². The molecule has 0 atom stereocenters. The lowest BCUT2D eigenvalue weighted by Crippen LogP contribution is -2.32. The maximum absolute atomic E-state index is 11.6. The average Bonchev–Trinajstić information content (AvgIpc) is 2.30. The summed E-state index contributed by atoms with van der Waals surface area (Å²) < 4.78 is 0. The lowest BCUT2D eigenvalue weighted by atomic mass is 10.2. The second-order valence-corrected chi connectivity index (χ2v) is 4.35. The first-order valence-corrected chi connectivity index (χ1v) is 5.66. The molecule has 1 rings (SSSR count). The highest BCUT2D eigenvalue weighted by atomic mass is 35.5. The number of hydrogen-bond acceptors (Lipinski definition) is 3. The van der Waals surface area contributed by atoms with Crippen molar-refractivity contribution < 1.29 is 9.59 Å². The largest absolute Gasteiger partial charge is 0.329 e. The number of amides is 2. The highest BCUT2D eigenvalue weighted by Gasteiger charge is 2.14. The van der Waals surface area contributed by atoms with Gasteiger partial charge in [0, 0.05) is 16.4 Å². The number of hydrogen-bond donors (Lipinski definition) is 2. The Morgan fingerprint density at radius 3 is 2.50 bits per heavy atom. The molecule has 2 amide bonds. The second-order valence-electron chi connectivity index (χ2n) is 3.91. The summed E-state index contributed by atoms with van der Waals surface area (Å²) in [7, 11) is 0. The van der Waals surface area contributed by atoms with E-state index in [9.17, 15) is 9.59 Å². The van der Waals surface area contributed by atoms with E-state index < -0.39 is 11.8 Å². The number of rotatable bonds is 2. The molecule has 1 aromatic carbocycles. The summed E-state index contributed by atoms with van der Waals surface area (Å²) in [5.41, 5.74) is 4.10. The lowest BCUT2D eigenvalue weighted by Gasteiger charge is -2.07. The van der Waals surface area contributed by atoms with Crippen molar-refractivity contribution in [2.24, 2.45) is 5.10 Å². The van der Waals surface area contributed by atoms with Gasteiger partial charge in [0.1, 0.15) is 0 Å². The normalized spacial score (nSPS) is 9.56. The van der Waals surface area contributed by atoms with Crippen LogP contribution in [0.25, 0.3) is 0 Å². The first-order chi connectivity index (χ1) is 8.40. The molecule has 96 valence electrons. The third-order valence-corrected chi connectivity index (χ3v) is 2.27. The Morgan fingerprint density at radius 1 is 1.22 bits per heavy atom. The van der Waals surface area contributed by atoms with Crippen LogP contribution in [-0.2, 0) is 9.59 Å². The average molecular weight is 268 g/mol. The van der Waals surface area contributed by atoms with E-state index in [2.05, 4.69) is 15.8 Å². The van der Waals surface area contributed by atoms with Gasteiger partial charge in [-0.3, -0.25) is 9.59 Å². The number of hydrazone groups is 1. The Labute approximate surface area is 110 Å². The van der Waals surface area contributed by atoms with Crippen LogP contribution in [0.5, 0.6) is 0 Å². The molecule has 0 saturated heterocycles. The zero-order valence-electron chi connectivity index (χ0n) is 10.4. The first-order valence-electron chi connectivity index (χ1n) is 5.28. The van der Waals surface area contributed by atoms with Gasteiger partial charge >= 0.3 is 11.8 Å². The van der Waals surface area contributed by atoms with E-state index in [1.54, 1.807) is 39.0 Å². The van der Waals surface area contributed by atoms with Gasteiger partial charge in [-0.15, -0.1) is 0 Å². The van der Waals surface area contributed by atoms with Gasteiger partial charge in [0.15, 0.2) is 0 Å². The van der Waals surface area contributed by atoms with Crippen LogP contribution in [-0.4, -0.2) is 17.5 Å². The zero-order chi connectivity index (χ0) is 13.7. The molecule has 0 aliphatic rings. The predicted molar refractivity (Wildman–Crippen MR) is 71.7 cm³/mol. The van der Waals surface area contributed by atoms with E-state index in [1.807, 2.05) is 0 Å². The van der Waals surface area contributed by atoms with Crippen LogP contribution >= 0.6 is 11.6 Å². The van der Waals surface area contributed by atoms with Gasteiger partial charge < -0.3 is 5.32 Å². The van der Waals surface area contributed by atoms with Crippen LogP contribution in [0, 0.1) is 6.92 Å². The van der Waals surface area contributed by atoms with Crippen LogP contribution in [0.15, 0.2) is 23.3 Å². The number of nitrogens with one attached hydrogen (secondary N) is 2.